The molecule has 3 rings (SSSR count). The molecule has 1 heterocycles. The van der Waals surface area contributed by atoms with E-state index in [-0.39, 0.29) is 17.7 Å². The first-order valence-corrected chi connectivity index (χ1v) is 7.23. The van der Waals surface area contributed by atoms with Gasteiger partial charge in [0.25, 0.3) is 0 Å². The third-order valence-corrected chi connectivity index (χ3v) is 4.83. The lowest BCUT2D eigenvalue weighted by molar-refractivity contribution is -0.172. The van der Waals surface area contributed by atoms with Gasteiger partial charge in [-0.3, -0.25) is 0 Å². The van der Waals surface area contributed by atoms with Crippen molar-refractivity contribution in [2.75, 3.05) is 13.2 Å². The Morgan fingerprint density at radius 1 is 1.21 bits per heavy atom. The fraction of sp³-hybridized carbons (Fsp3) is 0.625. The van der Waals surface area contributed by atoms with Crippen LogP contribution < -0.4 is 0 Å². The summed E-state index contributed by atoms with van der Waals surface area (Å²) in [4.78, 5) is 0. The number of hydrogen-bond acceptors (Lipinski definition) is 2. The molecule has 1 saturated heterocycles. The number of hydrogen-bond donors (Lipinski definition) is 1. The highest BCUT2D eigenvalue weighted by molar-refractivity contribution is 5.18. The molecule has 0 amide bonds. The summed E-state index contributed by atoms with van der Waals surface area (Å²) >= 11 is 0. The van der Waals surface area contributed by atoms with Crippen molar-refractivity contribution in [1.29, 1.82) is 0 Å². The maximum absolute atomic E-state index is 12.9. The fourth-order valence-corrected chi connectivity index (χ4v) is 3.66. The lowest BCUT2D eigenvalue weighted by atomic mass is 9.66. The van der Waals surface area contributed by atoms with E-state index in [2.05, 4.69) is 0 Å². The van der Waals surface area contributed by atoms with E-state index in [1.165, 1.54) is 18.6 Å². The highest BCUT2D eigenvalue weighted by Crippen LogP contribution is 2.43. The van der Waals surface area contributed by atoms with Gasteiger partial charge >= 0.3 is 0 Å². The first-order valence-electron chi connectivity index (χ1n) is 7.23. The smallest absolute Gasteiger partial charge is 0.123 e. The Morgan fingerprint density at radius 2 is 2.00 bits per heavy atom. The van der Waals surface area contributed by atoms with Crippen molar-refractivity contribution >= 4 is 0 Å². The lowest BCUT2D eigenvalue weighted by Crippen LogP contribution is -2.54. The Bertz CT molecular complexity index is 429. The number of benzene rings is 1. The zero-order chi connectivity index (χ0) is 13.3. The summed E-state index contributed by atoms with van der Waals surface area (Å²) in [5.74, 6) is 0.204. The molecule has 0 radical (unpaired) electrons. The van der Waals surface area contributed by atoms with Gasteiger partial charge in [0.05, 0.1) is 18.8 Å². The minimum Gasteiger partial charge on any atom is -0.389 e. The third kappa shape index (κ3) is 2.54. The van der Waals surface area contributed by atoms with Crippen LogP contribution in [0.25, 0.3) is 0 Å². The third-order valence-electron chi connectivity index (χ3n) is 4.83. The summed E-state index contributed by atoms with van der Waals surface area (Å²) < 4.78 is 18.6. The number of halogens is 1. The van der Waals surface area contributed by atoms with Gasteiger partial charge in [-0.1, -0.05) is 25.0 Å². The molecular weight excluding hydrogens is 243 g/mol. The molecule has 1 N–H and O–H groups in total. The number of aliphatic hydroxyl groups is 1. The zero-order valence-electron chi connectivity index (χ0n) is 11.1. The Hall–Kier alpha value is -0.930. The Labute approximate surface area is 113 Å². The van der Waals surface area contributed by atoms with E-state index in [0.29, 0.717) is 13.2 Å². The average molecular weight is 264 g/mol. The molecule has 1 aliphatic heterocycles. The predicted molar refractivity (Wildman–Crippen MR) is 71.3 cm³/mol. The van der Waals surface area contributed by atoms with Gasteiger partial charge in [-0.15, -0.1) is 0 Å². The number of ether oxygens (including phenoxy) is 1. The van der Waals surface area contributed by atoms with Gasteiger partial charge in [-0.2, -0.15) is 0 Å². The normalized spacial score (nSPS) is 34.8. The van der Waals surface area contributed by atoms with Crippen LogP contribution in [0, 0.1) is 17.7 Å². The van der Waals surface area contributed by atoms with Crippen molar-refractivity contribution < 1.29 is 14.2 Å². The van der Waals surface area contributed by atoms with E-state index < -0.39 is 5.60 Å². The van der Waals surface area contributed by atoms with Crippen LogP contribution in [0.5, 0.6) is 0 Å². The molecule has 0 spiro atoms. The summed E-state index contributed by atoms with van der Waals surface area (Å²) in [6.07, 6.45) is 5.02. The summed E-state index contributed by atoms with van der Waals surface area (Å²) in [6.45, 7) is 1.31. The maximum atomic E-state index is 12.9. The minimum atomic E-state index is -0.578. The van der Waals surface area contributed by atoms with Crippen molar-refractivity contribution in [1.82, 2.24) is 0 Å². The van der Waals surface area contributed by atoms with Crippen LogP contribution in [0.1, 0.15) is 31.2 Å². The van der Waals surface area contributed by atoms with Gasteiger partial charge in [-0.25, -0.2) is 4.39 Å². The average Bonchev–Trinajstić information content (AvgIpc) is 2.42. The Morgan fingerprint density at radius 3 is 2.79 bits per heavy atom. The summed E-state index contributed by atoms with van der Waals surface area (Å²) in [7, 11) is 0. The molecule has 19 heavy (non-hydrogen) atoms. The van der Waals surface area contributed by atoms with Crippen molar-refractivity contribution in [2.45, 2.75) is 37.7 Å². The largest absolute Gasteiger partial charge is 0.389 e. The summed E-state index contributed by atoms with van der Waals surface area (Å²) in [5.41, 5.74) is 0.500. The van der Waals surface area contributed by atoms with Gasteiger partial charge in [0, 0.05) is 11.8 Å². The molecule has 2 nitrogen and oxygen atoms in total. The van der Waals surface area contributed by atoms with E-state index in [9.17, 15) is 9.50 Å². The molecule has 2 aliphatic rings. The monoisotopic (exact) mass is 264 g/mol. The highest BCUT2D eigenvalue weighted by atomic mass is 19.1. The molecule has 104 valence electrons. The van der Waals surface area contributed by atoms with Gasteiger partial charge < -0.3 is 9.84 Å². The van der Waals surface area contributed by atoms with Crippen LogP contribution in [0.4, 0.5) is 4.39 Å². The molecular formula is C16H21FO2. The second-order valence-corrected chi connectivity index (χ2v) is 6.00. The van der Waals surface area contributed by atoms with Crippen LogP contribution in [0.2, 0.25) is 0 Å². The SMILES string of the molecule is O[C@]12CCCC[C@@H]1COC[C@H]2Cc1ccc(F)cc1. The van der Waals surface area contributed by atoms with Crippen molar-refractivity contribution in [3.63, 3.8) is 0 Å². The topological polar surface area (TPSA) is 29.5 Å². The van der Waals surface area contributed by atoms with Crippen molar-refractivity contribution in [3.8, 4) is 0 Å². The maximum Gasteiger partial charge on any atom is 0.123 e. The van der Waals surface area contributed by atoms with E-state index >= 15 is 0 Å². The standard InChI is InChI=1S/C16H21FO2/c17-15-6-4-12(5-7-15)9-14-11-19-10-13-3-1-2-8-16(13,14)18/h4-7,13-14,18H,1-3,8-11H2/t13-,14-,16-/m1/s1. The number of rotatable bonds is 2. The van der Waals surface area contributed by atoms with Crippen LogP contribution in [0.3, 0.4) is 0 Å². The van der Waals surface area contributed by atoms with Gasteiger partial charge in [0.15, 0.2) is 0 Å². The molecule has 0 unspecified atom stereocenters. The molecule has 0 aromatic heterocycles. The van der Waals surface area contributed by atoms with E-state index in [1.54, 1.807) is 0 Å². The van der Waals surface area contributed by atoms with Gasteiger partial charge in [0.2, 0.25) is 0 Å². The fourth-order valence-electron chi connectivity index (χ4n) is 3.66. The molecule has 0 bridgehead atoms. The van der Waals surface area contributed by atoms with Gasteiger partial charge in [0.1, 0.15) is 5.82 Å². The first-order chi connectivity index (χ1) is 9.18. The molecule has 3 atom stereocenters. The molecule has 2 fully saturated rings. The van der Waals surface area contributed by atoms with E-state index in [0.717, 1.165) is 31.2 Å². The second kappa shape index (κ2) is 5.22. The molecule has 1 aromatic carbocycles. The molecule has 1 aromatic rings. The summed E-state index contributed by atoms with van der Waals surface area (Å²) in [5, 5.41) is 11.0. The van der Waals surface area contributed by atoms with Crippen molar-refractivity contribution in [3.05, 3.63) is 35.6 Å². The molecule has 3 heteroatoms. The van der Waals surface area contributed by atoms with Crippen molar-refractivity contribution in [2.24, 2.45) is 11.8 Å². The Balaban J connectivity index is 1.77. The quantitative estimate of drug-likeness (QED) is 0.890. The Kier molecular flexibility index (Phi) is 3.59. The van der Waals surface area contributed by atoms with Crippen LogP contribution in [0.15, 0.2) is 24.3 Å². The first kappa shape index (κ1) is 13.1. The minimum absolute atomic E-state index is 0.136. The molecule has 1 aliphatic carbocycles. The highest BCUT2D eigenvalue weighted by Gasteiger charge is 2.47. The molecule has 1 saturated carbocycles. The van der Waals surface area contributed by atoms with E-state index in [1.807, 2.05) is 12.1 Å². The lowest BCUT2D eigenvalue weighted by Gasteiger charge is -2.48. The second-order valence-electron chi connectivity index (χ2n) is 6.00. The van der Waals surface area contributed by atoms with Gasteiger partial charge in [-0.05, 0) is 37.0 Å². The predicted octanol–water partition coefficient (Wildman–Crippen LogP) is 2.94. The van der Waals surface area contributed by atoms with Crippen LogP contribution >= 0.6 is 0 Å². The van der Waals surface area contributed by atoms with E-state index in [4.69, 9.17) is 4.74 Å². The summed E-state index contributed by atoms with van der Waals surface area (Å²) in [6, 6.07) is 6.60. The van der Waals surface area contributed by atoms with Crippen LogP contribution in [-0.2, 0) is 11.2 Å². The van der Waals surface area contributed by atoms with Crippen LogP contribution in [-0.4, -0.2) is 23.9 Å². The number of fused-ring (bicyclic) bond motifs is 1. The zero-order valence-corrected chi connectivity index (χ0v) is 11.1.